The first-order valence-corrected chi connectivity index (χ1v) is 5.68. The Morgan fingerprint density at radius 2 is 2.11 bits per heavy atom. The molecule has 0 radical (unpaired) electrons. The third-order valence-corrected chi connectivity index (χ3v) is 2.56. The first kappa shape index (κ1) is 12.3. The predicted octanol–water partition coefficient (Wildman–Crippen LogP) is -0.589. The molecule has 18 heavy (non-hydrogen) atoms. The van der Waals surface area contributed by atoms with E-state index in [1.54, 1.807) is 12.4 Å². The lowest BCUT2D eigenvalue weighted by atomic mass is 10.3. The standard InChI is InChI=1S/C12H14N4O2/c1-18-11(17)3-2-10-12(15-5-4-14-10)16-8-6-13-7-9-16/h4-5,13H,6-9H2,1H3. The van der Waals surface area contributed by atoms with Gasteiger partial charge in [0.25, 0.3) is 0 Å². The Hall–Kier alpha value is -2.13. The highest BCUT2D eigenvalue weighted by molar-refractivity contribution is 5.89. The van der Waals surface area contributed by atoms with Crippen LogP contribution in [0.25, 0.3) is 0 Å². The van der Waals surface area contributed by atoms with E-state index in [1.807, 2.05) is 0 Å². The number of hydrogen-bond donors (Lipinski definition) is 1. The number of anilines is 1. The molecule has 0 saturated carbocycles. The van der Waals surface area contributed by atoms with E-state index in [4.69, 9.17) is 0 Å². The van der Waals surface area contributed by atoms with Crippen molar-refractivity contribution in [2.24, 2.45) is 0 Å². The molecule has 1 aliphatic heterocycles. The highest BCUT2D eigenvalue weighted by atomic mass is 16.5. The van der Waals surface area contributed by atoms with Crippen LogP contribution < -0.4 is 10.2 Å². The molecule has 1 aromatic heterocycles. The molecule has 0 spiro atoms. The molecular formula is C12H14N4O2. The molecule has 2 heterocycles. The highest BCUT2D eigenvalue weighted by Crippen LogP contribution is 2.14. The minimum absolute atomic E-state index is 0.504. The molecular weight excluding hydrogens is 232 g/mol. The quantitative estimate of drug-likeness (QED) is 0.528. The van der Waals surface area contributed by atoms with Crippen LogP contribution in [0.1, 0.15) is 5.69 Å². The van der Waals surface area contributed by atoms with Crippen LogP contribution in [0.2, 0.25) is 0 Å². The van der Waals surface area contributed by atoms with Crippen LogP contribution in [-0.2, 0) is 9.53 Å². The van der Waals surface area contributed by atoms with Gasteiger partial charge in [0.2, 0.25) is 0 Å². The van der Waals surface area contributed by atoms with E-state index < -0.39 is 5.97 Å². The first-order valence-electron chi connectivity index (χ1n) is 5.68. The lowest BCUT2D eigenvalue weighted by Gasteiger charge is -2.28. The SMILES string of the molecule is COC(=O)C#Cc1nccnc1N1CCNCC1. The zero-order valence-electron chi connectivity index (χ0n) is 10.1. The van der Waals surface area contributed by atoms with E-state index in [9.17, 15) is 4.79 Å². The second-order valence-electron chi connectivity index (χ2n) is 3.71. The molecule has 2 rings (SSSR count). The summed E-state index contributed by atoms with van der Waals surface area (Å²) in [6.07, 6.45) is 3.19. The molecule has 0 bridgehead atoms. The van der Waals surface area contributed by atoms with Gasteiger partial charge in [0.1, 0.15) is 0 Å². The van der Waals surface area contributed by atoms with Crippen molar-refractivity contribution in [3.05, 3.63) is 18.1 Å². The Morgan fingerprint density at radius 1 is 1.39 bits per heavy atom. The van der Waals surface area contributed by atoms with Crippen LogP contribution in [0.4, 0.5) is 5.82 Å². The summed E-state index contributed by atoms with van der Waals surface area (Å²) in [7, 11) is 1.30. The molecule has 0 atom stereocenters. The van der Waals surface area contributed by atoms with Crippen molar-refractivity contribution >= 4 is 11.8 Å². The Morgan fingerprint density at radius 3 is 2.83 bits per heavy atom. The van der Waals surface area contributed by atoms with Gasteiger partial charge in [0.05, 0.1) is 7.11 Å². The van der Waals surface area contributed by atoms with Crippen molar-refractivity contribution in [3.63, 3.8) is 0 Å². The number of nitrogens with zero attached hydrogens (tertiary/aromatic N) is 3. The largest absolute Gasteiger partial charge is 0.459 e. The van der Waals surface area contributed by atoms with Gasteiger partial charge in [-0.05, 0) is 5.92 Å². The highest BCUT2D eigenvalue weighted by Gasteiger charge is 2.15. The smallest absolute Gasteiger partial charge is 0.384 e. The Balaban J connectivity index is 2.23. The summed E-state index contributed by atoms with van der Waals surface area (Å²) in [4.78, 5) is 21.5. The summed E-state index contributed by atoms with van der Waals surface area (Å²) in [6, 6.07) is 0. The van der Waals surface area contributed by atoms with E-state index in [0.29, 0.717) is 5.69 Å². The summed E-state index contributed by atoms with van der Waals surface area (Å²) in [5.74, 6) is 5.21. The second-order valence-corrected chi connectivity index (χ2v) is 3.71. The van der Waals surface area contributed by atoms with Crippen LogP contribution in [0.3, 0.4) is 0 Å². The number of methoxy groups -OCH3 is 1. The second kappa shape index (κ2) is 5.98. The maximum absolute atomic E-state index is 11.0. The van der Waals surface area contributed by atoms with Gasteiger partial charge in [-0.3, -0.25) is 0 Å². The average Bonchev–Trinajstić information content (AvgIpc) is 2.46. The lowest BCUT2D eigenvalue weighted by molar-refractivity contribution is -0.133. The maximum atomic E-state index is 11.0. The number of esters is 1. The van der Waals surface area contributed by atoms with E-state index in [0.717, 1.165) is 32.0 Å². The monoisotopic (exact) mass is 246 g/mol. The maximum Gasteiger partial charge on any atom is 0.384 e. The van der Waals surface area contributed by atoms with Crippen molar-refractivity contribution in [2.75, 3.05) is 38.2 Å². The van der Waals surface area contributed by atoms with E-state index >= 15 is 0 Å². The molecule has 0 amide bonds. The van der Waals surface area contributed by atoms with Crippen LogP contribution in [0, 0.1) is 11.8 Å². The fourth-order valence-electron chi connectivity index (χ4n) is 1.69. The molecule has 1 aliphatic rings. The van der Waals surface area contributed by atoms with E-state index in [-0.39, 0.29) is 0 Å². The number of aromatic nitrogens is 2. The number of hydrogen-bond acceptors (Lipinski definition) is 6. The zero-order valence-corrected chi connectivity index (χ0v) is 10.1. The van der Waals surface area contributed by atoms with Gasteiger partial charge >= 0.3 is 5.97 Å². The van der Waals surface area contributed by atoms with Crippen molar-refractivity contribution in [3.8, 4) is 11.8 Å². The summed E-state index contributed by atoms with van der Waals surface area (Å²) in [5.41, 5.74) is 0.504. The number of ether oxygens (including phenoxy) is 1. The summed E-state index contributed by atoms with van der Waals surface area (Å²) in [5, 5.41) is 3.26. The molecule has 94 valence electrons. The molecule has 1 aromatic rings. The molecule has 1 fully saturated rings. The predicted molar refractivity (Wildman–Crippen MR) is 66.0 cm³/mol. The fraction of sp³-hybridized carbons (Fsp3) is 0.417. The van der Waals surface area contributed by atoms with Gasteiger partial charge in [-0.25, -0.2) is 14.8 Å². The lowest BCUT2D eigenvalue weighted by Crippen LogP contribution is -2.44. The van der Waals surface area contributed by atoms with Gasteiger partial charge in [-0.15, -0.1) is 0 Å². The number of carbonyl (C=O) groups is 1. The third kappa shape index (κ3) is 2.96. The molecule has 0 unspecified atom stereocenters. The van der Waals surface area contributed by atoms with E-state index in [1.165, 1.54) is 7.11 Å². The Labute approximate surface area is 105 Å². The van der Waals surface area contributed by atoms with E-state index in [2.05, 4.69) is 36.8 Å². The molecule has 6 heteroatoms. The Bertz CT molecular complexity index is 486. The Kier molecular flexibility index (Phi) is 4.10. The van der Waals surface area contributed by atoms with Gasteiger partial charge in [-0.2, -0.15) is 0 Å². The number of nitrogens with one attached hydrogen (secondary N) is 1. The molecule has 1 N–H and O–H groups in total. The molecule has 1 saturated heterocycles. The molecule has 6 nitrogen and oxygen atoms in total. The van der Waals surface area contributed by atoms with Crippen LogP contribution in [0.5, 0.6) is 0 Å². The first-order chi connectivity index (χ1) is 8.81. The van der Waals surface area contributed by atoms with Crippen molar-refractivity contribution in [1.29, 1.82) is 0 Å². The van der Waals surface area contributed by atoms with Crippen LogP contribution in [0.15, 0.2) is 12.4 Å². The van der Waals surface area contributed by atoms with Crippen LogP contribution in [-0.4, -0.2) is 49.2 Å². The van der Waals surface area contributed by atoms with Crippen molar-refractivity contribution in [1.82, 2.24) is 15.3 Å². The molecule has 0 aromatic carbocycles. The normalized spacial score (nSPS) is 14.6. The minimum Gasteiger partial charge on any atom is -0.459 e. The number of carbonyl (C=O) groups excluding carboxylic acids is 1. The zero-order chi connectivity index (χ0) is 12.8. The minimum atomic E-state index is -0.577. The summed E-state index contributed by atoms with van der Waals surface area (Å²) < 4.78 is 4.47. The molecule has 0 aliphatic carbocycles. The average molecular weight is 246 g/mol. The summed E-state index contributed by atoms with van der Waals surface area (Å²) in [6.45, 7) is 3.51. The topological polar surface area (TPSA) is 67.3 Å². The van der Waals surface area contributed by atoms with Gasteiger partial charge in [0.15, 0.2) is 11.5 Å². The van der Waals surface area contributed by atoms with Crippen LogP contribution >= 0.6 is 0 Å². The van der Waals surface area contributed by atoms with Gasteiger partial charge in [-0.1, -0.05) is 0 Å². The van der Waals surface area contributed by atoms with Crippen molar-refractivity contribution in [2.45, 2.75) is 0 Å². The third-order valence-electron chi connectivity index (χ3n) is 2.56. The van der Waals surface area contributed by atoms with Crippen molar-refractivity contribution < 1.29 is 9.53 Å². The number of piperazine rings is 1. The fourth-order valence-corrected chi connectivity index (χ4v) is 1.69. The van der Waals surface area contributed by atoms with Gasteiger partial charge in [0, 0.05) is 44.5 Å². The number of rotatable bonds is 1. The summed E-state index contributed by atoms with van der Waals surface area (Å²) >= 11 is 0. The van der Waals surface area contributed by atoms with Gasteiger partial charge < -0.3 is 15.0 Å².